The maximum Gasteiger partial charge on any atom is 0.323 e. The van der Waals surface area contributed by atoms with Crippen molar-refractivity contribution in [3.05, 3.63) is 35.9 Å². The number of benzene rings is 1. The number of methoxy groups -OCH3 is 1. The van der Waals surface area contributed by atoms with Crippen LogP contribution in [0.15, 0.2) is 30.3 Å². The average Bonchev–Trinajstić information content (AvgIpc) is 2.55. The molecule has 0 aliphatic heterocycles. The van der Waals surface area contributed by atoms with E-state index in [2.05, 4.69) is 5.32 Å². The fourth-order valence-corrected chi connectivity index (χ4v) is 1.95. The van der Waals surface area contributed by atoms with E-state index in [4.69, 9.17) is 9.84 Å². The van der Waals surface area contributed by atoms with Gasteiger partial charge in [-0.25, -0.2) is 0 Å². The zero-order valence-corrected chi connectivity index (χ0v) is 13.2. The van der Waals surface area contributed by atoms with E-state index < -0.39 is 5.97 Å². The summed E-state index contributed by atoms with van der Waals surface area (Å²) in [5.41, 5.74) is 0.562. The summed E-state index contributed by atoms with van der Waals surface area (Å²) in [6.45, 7) is 0.519. The van der Waals surface area contributed by atoms with Crippen molar-refractivity contribution in [3.63, 3.8) is 0 Å². The van der Waals surface area contributed by atoms with Gasteiger partial charge < -0.3 is 20.1 Å². The number of rotatable bonds is 10. The van der Waals surface area contributed by atoms with Crippen LogP contribution in [-0.4, -0.2) is 61.1 Å². The van der Waals surface area contributed by atoms with Gasteiger partial charge in [0.15, 0.2) is 0 Å². The largest absolute Gasteiger partial charge is 0.480 e. The molecule has 0 atom stereocenters. The van der Waals surface area contributed by atoms with Crippen LogP contribution < -0.4 is 5.32 Å². The Bertz CT molecular complexity index is 518. The minimum Gasteiger partial charge on any atom is -0.480 e. The standard InChI is InChI=1S/C16H22N2O5/c1-23-11-10-18(12-15(20)21)14(19)8-5-9-17-16(22)13-6-3-2-4-7-13/h2-4,6-7H,5,8-12H2,1H3,(H,17,22)(H,20,21). The first-order valence-electron chi connectivity index (χ1n) is 7.36. The van der Waals surface area contributed by atoms with E-state index in [-0.39, 0.29) is 37.9 Å². The third-order valence-corrected chi connectivity index (χ3v) is 3.13. The van der Waals surface area contributed by atoms with E-state index in [0.717, 1.165) is 0 Å². The summed E-state index contributed by atoms with van der Waals surface area (Å²) < 4.78 is 4.87. The lowest BCUT2D eigenvalue weighted by atomic mass is 10.2. The lowest BCUT2D eigenvalue weighted by Gasteiger charge is -2.20. The molecule has 0 heterocycles. The Hall–Kier alpha value is -2.41. The van der Waals surface area contributed by atoms with Crippen molar-refractivity contribution >= 4 is 17.8 Å². The normalized spacial score (nSPS) is 10.1. The summed E-state index contributed by atoms with van der Waals surface area (Å²) in [5, 5.41) is 11.5. The molecule has 0 unspecified atom stereocenters. The zero-order valence-electron chi connectivity index (χ0n) is 13.2. The molecule has 0 fully saturated rings. The van der Waals surface area contributed by atoms with E-state index in [9.17, 15) is 14.4 Å². The first-order valence-corrected chi connectivity index (χ1v) is 7.36. The van der Waals surface area contributed by atoms with Crippen molar-refractivity contribution in [2.24, 2.45) is 0 Å². The molecule has 0 aromatic heterocycles. The van der Waals surface area contributed by atoms with Gasteiger partial charge in [-0.2, -0.15) is 0 Å². The lowest BCUT2D eigenvalue weighted by Crippen LogP contribution is -2.38. The number of nitrogens with zero attached hydrogens (tertiary/aromatic N) is 1. The van der Waals surface area contributed by atoms with Gasteiger partial charge in [0.05, 0.1) is 6.61 Å². The van der Waals surface area contributed by atoms with Crippen molar-refractivity contribution in [2.45, 2.75) is 12.8 Å². The van der Waals surface area contributed by atoms with Gasteiger partial charge in [0.1, 0.15) is 6.54 Å². The van der Waals surface area contributed by atoms with Gasteiger partial charge in [-0.1, -0.05) is 18.2 Å². The van der Waals surface area contributed by atoms with Crippen LogP contribution in [0.2, 0.25) is 0 Å². The molecule has 2 amide bonds. The number of hydrogen-bond acceptors (Lipinski definition) is 4. The Morgan fingerprint density at radius 2 is 1.91 bits per heavy atom. The number of carbonyl (C=O) groups is 3. The lowest BCUT2D eigenvalue weighted by molar-refractivity contribution is -0.144. The van der Waals surface area contributed by atoms with Crippen molar-refractivity contribution < 1.29 is 24.2 Å². The summed E-state index contributed by atoms with van der Waals surface area (Å²) in [4.78, 5) is 35.8. The number of hydrogen-bond donors (Lipinski definition) is 2. The predicted octanol–water partition coefficient (Wildman–Crippen LogP) is 0.756. The third kappa shape index (κ3) is 7.42. The summed E-state index contributed by atoms with van der Waals surface area (Å²) in [6, 6.07) is 8.79. The third-order valence-electron chi connectivity index (χ3n) is 3.13. The topological polar surface area (TPSA) is 95.9 Å². The fourth-order valence-electron chi connectivity index (χ4n) is 1.95. The number of ether oxygens (including phenoxy) is 1. The number of carboxylic acid groups (broad SMARTS) is 1. The highest BCUT2D eigenvalue weighted by Crippen LogP contribution is 2.00. The van der Waals surface area contributed by atoms with E-state index in [1.807, 2.05) is 6.07 Å². The SMILES string of the molecule is COCCN(CC(=O)O)C(=O)CCCNC(=O)c1ccccc1. The molecule has 0 saturated carbocycles. The minimum absolute atomic E-state index is 0.173. The molecule has 126 valence electrons. The number of carboxylic acids is 1. The highest BCUT2D eigenvalue weighted by molar-refractivity contribution is 5.94. The van der Waals surface area contributed by atoms with Gasteiger partial charge in [-0.3, -0.25) is 14.4 Å². The number of carbonyl (C=O) groups excluding carboxylic acids is 2. The van der Waals surface area contributed by atoms with Gasteiger partial charge >= 0.3 is 5.97 Å². The van der Waals surface area contributed by atoms with Gasteiger partial charge in [-0.05, 0) is 18.6 Å². The van der Waals surface area contributed by atoms with Crippen molar-refractivity contribution in [3.8, 4) is 0 Å². The molecular formula is C16H22N2O5. The van der Waals surface area contributed by atoms with Crippen LogP contribution in [0.25, 0.3) is 0 Å². The maximum atomic E-state index is 12.0. The molecule has 0 saturated heterocycles. The van der Waals surface area contributed by atoms with Crippen LogP contribution in [0.3, 0.4) is 0 Å². The highest BCUT2D eigenvalue weighted by Gasteiger charge is 2.16. The Balaban J connectivity index is 2.33. The van der Waals surface area contributed by atoms with Crippen LogP contribution in [0.4, 0.5) is 0 Å². The highest BCUT2D eigenvalue weighted by atomic mass is 16.5. The molecular weight excluding hydrogens is 300 g/mol. The Labute approximate surface area is 135 Å². The summed E-state index contributed by atoms with van der Waals surface area (Å²) in [7, 11) is 1.49. The number of amides is 2. The van der Waals surface area contributed by atoms with Gasteiger partial charge in [0.25, 0.3) is 5.91 Å². The van der Waals surface area contributed by atoms with Gasteiger partial charge in [0.2, 0.25) is 5.91 Å². The summed E-state index contributed by atoms with van der Waals surface area (Å²) >= 11 is 0. The minimum atomic E-state index is -1.06. The molecule has 1 aromatic rings. The van der Waals surface area contributed by atoms with Gasteiger partial charge in [-0.15, -0.1) is 0 Å². The molecule has 0 aliphatic rings. The van der Waals surface area contributed by atoms with Gasteiger partial charge in [0, 0.05) is 32.2 Å². The first kappa shape index (κ1) is 18.6. The average molecular weight is 322 g/mol. The molecule has 7 heteroatoms. The van der Waals surface area contributed by atoms with E-state index >= 15 is 0 Å². The van der Waals surface area contributed by atoms with Crippen LogP contribution in [0.1, 0.15) is 23.2 Å². The second kappa shape index (κ2) is 10.3. The molecule has 0 radical (unpaired) electrons. The van der Waals surface area contributed by atoms with Crippen molar-refractivity contribution in [2.75, 3.05) is 33.4 Å². The second-order valence-corrected chi connectivity index (χ2v) is 4.93. The van der Waals surface area contributed by atoms with Crippen LogP contribution in [0, 0.1) is 0 Å². The number of nitrogens with one attached hydrogen (secondary N) is 1. The predicted molar refractivity (Wildman–Crippen MR) is 84.1 cm³/mol. The summed E-state index contributed by atoms with van der Waals surface area (Å²) in [6.07, 6.45) is 0.618. The van der Waals surface area contributed by atoms with Crippen molar-refractivity contribution in [1.29, 1.82) is 0 Å². The smallest absolute Gasteiger partial charge is 0.323 e. The summed E-state index contributed by atoms with van der Waals surface area (Å²) in [5.74, 6) is -1.52. The van der Waals surface area contributed by atoms with Crippen LogP contribution >= 0.6 is 0 Å². The number of aliphatic carboxylic acids is 1. The second-order valence-electron chi connectivity index (χ2n) is 4.93. The zero-order chi connectivity index (χ0) is 17.1. The monoisotopic (exact) mass is 322 g/mol. The van der Waals surface area contributed by atoms with E-state index in [0.29, 0.717) is 18.5 Å². The van der Waals surface area contributed by atoms with E-state index in [1.165, 1.54) is 12.0 Å². The fraction of sp³-hybridized carbons (Fsp3) is 0.438. The maximum absolute atomic E-state index is 12.0. The molecule has 1 rings (SSSR count). The molecule has 23 heavy (non-hydrogen) atoms. The molecule has 0 bridgehead atoms. The van der Waals surface area contributed by atoms with E-state index in [1.54, 1.807) is 24.3 Å². The van der Waals surface area contributed by atoms with Crippen molar-refractivity contribution in [1.82, 2.24) is 10.2 Å². The molecule has 1 aromatic carbocycles. The Kier molecular flexibility index (Phi) is 8.38. The first-order chi connectivity index (χ1) is 11.0. The molecule has 7 nitrogen and oxygen atoms in total. The molecule has 0 aliphatic carbocycles. The van der Waals surface area contributed by atoms with Crippen LogP contribution in [0.5, 0.6) is 0 Å². The molecule has 0 spiro atoms. The Morgan fingerprint density at radius 1 is 1.22 bits per heavy atom. The molecule has 2 N–H and O–H groups in total. The van der Waals surface area contributed by atoms with Crippen LogP contribution in [-0.2, 0) is 14.3 Å². The quantitative estimate of drug-likeness (QED) is 0.620. The Morgan fingerprint density at radius 3 is 2.52 bits per heavy atom.